The highest BCUT2D eigenvalue weighted by Crippen LogP contribution is 2.51. The maximum atomic E-state index is 12.6. The summed E-state index contributed by atoms with van der Waals surface area (Å²) in [7, 11) is -3.18. The number of ether oxygens (including phenoxy) is 3. The van der Waals surface area contributed by atoms with Crippen molar-refractivity contribution in [3.8, 4) is 0 Å². The van der Waals surface area contributed by atoms with Crippen molar-refractivity contribution in [3.63, 3.8) is 0 Å². The fourth-order valence-electron chi connectivity index (χ4n) is 2.98. The Morgan fingerprint density at radius 1 is 1.23 bits per heavy atom. The standard InChI is InChI=1S/C14H27O7P/c1-6-17-22(16,18-7-2)8-9(3)11-10(15)12-13(19-11)21-14(4,5)20-12/h9-13,15H,6-8H2,1-5H3/t9-,10-,11-,12-,13-/m1/s1. The minimum atomic E-state index is -3.18. The van der Waals surface area contributed by atoms with Gasteiger partial charge in [0.1, 0.15) is 12.2 Å². The Hall–Kier alpha value is -0.0100. The molecule has 130 valence electrons. The van der Waals surface area contributed by atoms with Gasteiger partial charge in [-0.2, -0.15) is 0 Å². The van der Waals surface area contributed by atoms with Crippen LogP contribution in [0.15, 0.2) is 0 Å². The molecule has 2 fully saturated rings. The van der Waals surface area contributed by atoms with Crippen LogP contribution in [0, 0.1) is 5.92 Å². The maximum absolute atomic E-state index is 12.6. The summed E-state index contributed by atoms with van der Waals surface area (Å²) in [5.74, 6) is -0.990. The van der Waals surface area contributed by atoms with Gasteiger partial charge in [-0.05, 0) is 33.6 Å². The normalized spacial score (nSPS) is 35.5. The zero-order valence-electron chi connectivity index (χ0n) is 13.9. The molecule has 0 aliphatic carbocycles. The van der Waals surface area contributed by atoms with Crippen LogP contribution in [0.4, 0.5) is 0 Å². The van der Waals surface area contributed by atoms with Gasteiger partial charge in [0, 0.05) is 0 Å². The lowest BCUT2D eigenvalue weighted by Gasteiger charge is -2.28. The van der Waals surface area contributed by atoms with Crippen LogP contribution in [0.5, 0.6) is 0 Å². The molecule has 2 aliphatic rings. The van der Waals surface area contributed by atoms with Crippen molar-refractivity contribution in [2.24, 2.45) is 5.92 Å². The number of fused-ring (bicyclic) bond motifs is 1. The molecule has 2 saturated heterocycles. The molecule has 2 rings (SSSR count). The molecule has 0 amide bonds. The van der Waals surface area contributed by atoms with Crippen LogP contribution in [0.3, 0.4) is 0 Å². The van der Waals surface area contributed by atoms with E-state index in [0.717, 1.165) is 0 Å². The number of hydrogen-bond donors (Lipinski definition) is 1. The maximum Gasteiger partial charge on any atom is 0.331 e. The van der Waals surface area contributed by atoms with Crippen molar-refractivity contribution in [2.45, 2.75) is 65.0 Å². The summed E-state index contributed by atoms with van der Waals surface area (Å²) in [5.41, 5.74) is 0. The van der Waals surface area contributed by atoms with Crippen LogP contribution < -0.4 is 0 Å². The summed E-state index contributed by atoms with van der Waals surface area (Å²) in [4.78, 5) is 0. The molecule has 7 nitrogen and oxygen atoms in total. The summed E-state index contributed by atoms with van der Waals surface area (Å²) in [5, 5.41) is 10.4. The van der Waals surface area contributed by atoms with Gasteiger partial charge in [-0.3, -0.25) is 4.57 Å². The van der Waals surface area contributed by atoms with E-state index in [0.29, 0.717) is 13.2 Å². The van der Waals surface area contributed by atoms with E-state index < -0.39 is 38.0 Å². The Labute approximate surface area is 131 Å². The molecule has 0 aromatic rings. The quantitative estimate of drug-likeness (QED) is 0.712. The molecule has 1 N–H and O–H groups in total. The number of aliphatic hydroxyl groups is 1. The highest BCUT2D eigenvalue weighted by atomic mass is 31.2. The van der Waals surface area contributed by atoms with Crippen LogP contribution in [0.1, 0.15) is 34.6 Å². The summed E-state index contributed by atoms with van der Waals surface area (Å²) < 4.78 is 40.2. The van der Waals surface area contributed by atoms with Crippen molar-refractivity contribution < 1.29 is 32.9 Å². The van der Waals surface area contributed by atoms with Gasteiger partial charge < -0.3 is 28.4 Å². The number of hydrogen-bond acceptors (Lipinski definition) is 7. The summed E-state index contributed by atoms with van der Waals surface area (Å²) in [6, 6.07) is 0. The fourth-order valence-corrected chi connectivity index (χ4v) is 4.96. The molecule has 8 heteroatoms. The Morgan fingerprint density at radius 3 is 2.32 bits per heavy atom. The van der Waals surface area contributed by atoms with E-state index in [1.165, 1.54) is 0 Å². The SMILES string of the molecule is CCOP(=O)(C[C@@H](C)[C@H]1O[C@@H]2OC(C)(C)O[C@@H]2[C@@H]1O)OCC. The third-order valence-electron chi connectivity index (χ3n) is 3.78. The van der Waals surface area contributed by atoms with Gasteiger partial charge in [-0.25, -0.2) is 0 Å². The van der Waals surface area contributed by atoms with E-state index in [1.54, 1.807) is 27.7 Å². The van der Waals surface area contributed by atoms with E-state index in [9.17, 15) is 9.67 Å². The van der Waals surface area contributed by atoms with Gasteiger partial charge in [-0.15, -0.1) is 0 Å². The Bertz CT molecular complexity index is 417. The van der Waals surface area contributed by atoms with E-state index in [2.05, 4.69) is 0 Å². The van der Waals surface area contributed by atoms with E-state index in [-0.39, 0.29) is 12.1 Å². The van der Waals surface area contributed by atoms with Gasteiger partial charge in [0.15, 0.2) is 12.1 Å². The average molecular weight is 338 g/mol. The summed E-state index contributed by atoms with van der Waals surface area (Å²) in [6.45, 7) is 9.56. The molecule has 0 spiro atoms. The highest BCUT2D eigenvalue weighted by Gasteiger charge is 2.55. The first-order valence-electron chi connectivity index (χ1n) is 7.78. The van der Waals surface area contributed by atoms with Crippen LogP contribution >= 0.6 is 7.60 Å². The number of aliphatic hydroxyl groups excluding tert-OH is 1. The molecule has 2 aliphatic heterocycles. The largest absolute Gasteiger partial charge is 0.387 e. The second kappa shape index (κ2) is 6.85. The average Bonchev–Trinajstić information content (AvgIpc) is 2.84. The van der Waals surface area contributed by atoms with E-state index in [4.69, 9.17) is 23.3 Å². The second-order valence-electron chi connectivity index (χ2n) is 6.17. The smallest absolute Gasteiger partial charge is 0.331 e. The molecule has 5 atom stereocenters. The van der Waals surface area contributed by atoms with Crippen molar-refractivity contribution in [1.29, 1.82) is 0 Å². The lowest BCUT2D eigenvalue weighted by atomic mass is 10.0. The van der Waals surface area contributed by atoms with Crippen molar-refractivity contribution >= 4 is 7.60 Å². The summed E-state index contributed by atoms with van der Waals surface area (Å²) >= 11 is 0. The van der Waals surface area contributed by atoms with E-state index in [1.807, 2.05) is 6.92 Å². The van der Waals surface area contributed by atoms with Crippen LogP contribution in [-0.4, -0.2) is 54.9 Å². The Morgan fingerprint density at radius 2 is 1.82 bits per heavy atom. The fraction of sp³-hybridized carbons (Fsp3) is 1.00. The molecular formula is C14H27O7P. The summed E-state index contributed by atoms with van der Waals surface area (Å²) in [6.07, 6.45) is -2.31. The zero-order valence-corrected chi connectivity index (χ0v) is 14.7. The lowest BCUT2D eigenvalue weighted by molar-refractivity contribution is -0.219. The molecule has 0 radical (unpaired) electrons. The molecule has 0 aromatic carbocycles. The van der Waals surface area contributed by atoms with Gasteiger partial charge >= 0.3 is 7.60 Å². The van der Waals surface area contributed by atoms with Crippen LogP contribution in [0.25, 0.3) is 0 Å². The predicted octanol–water partition coefficient (Wildman–Crippen LogP) is 2.13. The van der Waals surface area contributed by atoms with Gasteiger partial charge in [0.2, 0.25) is 0 Å². The monoisotopic (exact) mass is 338 g/mol. The minimum Gasteiger partial charge on any atom is -0.387 e. The zero-order chi connectivity index (χ0) is 16.5. The van der Waals surface area contributed by atoms with E-state index >= 15 is 0 Å². The lowest BCUT2D eigenvalue weighted by Crippen LogP contribution is -2.38. The van der Waals surface area contributed by atoms with Crippen molar-refractivity contribution in [2.75, 3.05) is 19.4 Å². The van der Waals surface area contributed by atoms with Gasteiger partial charge in [0.25, 0.3) is 0 Å². The third-order valence-corrected chi connectivity index (χ3v) is 6.10. The molecule has 0 aromatic heterocycles. The van der Waals surface area contributed by atoms with Crippen molar-refractivity contribution in [3.05, 3.63) is 0 Å². The van der Waals surface area contributed by atoms with Crippen LogP contribution in [0.2, 0.25) is 0 Å². The molecule has 0 unspecified atom stereocenters. The third kappa shape index (κ3) is 3.90. The first-order valence-corrected chi connectivity index (χ1v) is 9.51. The first-order chi connectivity index (χ1) is 10.2. The molecule has 22 heavy (non-hydrogen) atoms. The minimum absolute atomic E-state index is 0.180. The van der Waals surface area contributed by atoms with Crippen molar-refractivity contribution in [1.82, 2.24) is 0 Å². The molecule has 2 heterocycles. The second-order valence-corrected chi connectivity index (χ2v) is 8.27. The topological polar surface area (TPSA) is 83.5 Å². The van der Waals surface area contributed by atoms with Crippen LogP contribution in [-0.2, 0) is 27.8 Å². The van der Waals surface area contributed by atoms with Gasteiger partial charge in [0.05, 0.1) is 25.5 Å². The molecular weight excluding hydrogens is 311 g/mol. The number of rotatable bonds is 7. The first kappa shape index (κ1) is 18.3. The molecule has 0 bridgehead atoms. The Balaban J connectivity index is 1.99. The predicted molar refractivity (Wildman–Crippen MR) is 79.6 cm³/mol. The Kier molecular flexibility index (Phi) is 5.71. The van der Waals surface area contributed by atoms with Gasteiger partial charge in [-0.1, -0.05) is 6.92 Å². The molecule has 0 saturated carbocycles. The highest BCUT2D eigenvalue weighted by molar-refractivity contribution is 7.53.